The number of ether oxygens (including phenoxy) is 1. The van der Waals surface area contributed by atoms with Crippen LogP contribution in [0.3, 0.4) is 0 Å². The Labute approximate surface area is 110 Å². The van der Waals surface area contributed by atoms with Gasteiger partial charge in [-0.3, -0.25) is 9.11 Å². The van der Waals surface area contributed by atoms with Crippen molar-refractivity contribution in [1.29, 1.82) is 0 Å². The monoisotopic (exact) mass is 321 g/mol. The van der Waals surface area contributed by atoms with E-state index >= 15 is 0 Å². The molecule has 114 valence electrons. The summed E-state index contributed by atoms with van der Waals surface area (Å²) in [6, 6.07) is -1.23. The summed E-state index contributed by atoms with van der Waals surface area (Å²) in [5.41, 5.74) is 0. The average molecular weight is 321 g/mol. The zero-order valence-corrected chi connectivity index (χ0v) is 11.5. The highest BCUT2D eigenvalue weighted by Gasteiger charge is 2.42. The molecule has 1 heterocycles. The van der Waals surface area contributed by atoms with Crippen LogP contribution in [-0.4, -0.2) is 62.5 Å². The third kappa shape index (κ3) is 5.27. The van der Waals surface area contributed by atoms with Gasteiger partial charge in [0.05, 0.1) is 25.4 Å². The van der Waals surface area contributed by atoms with Gasteiger partial charge in [0.15, 0.2) is 0 Å². The van der Waals surface area contributed by atoms with Gasteiger partial charge in [0.25, 0.3) is 0 Å². The Balaban J connectivity index is 2.95. The lowest BCUT2D eigenvalue weighted by molar-refractivity contribution is -0.110. The maximum absolute atomic E-state index is 10.7. The van der Waals surface area contributed by atoms with Crippen molar-refractivity contribution in [2.75, 3.05) is 13.2 Å². The highest BCUT2D eigenvalue weighted by atomic mass is 32.3. The number of rotatable bonds is 5. The quantitative estimate of drug-likeness (QED) is 0.418. The Kier molecular flexibility index (Phi) is 5.25. The molecule has 0 bridgehead atoms. The van der Waals surface area contributed by atoms with E-state index in [1.165, 1.54) is 6.92 Å². The molecule has 2 unspecified atom stereocenters. The second kappa shape index (κ2) is 5.97. The van der Waals surface area contributed by atoms with Crippen molar-refractivity contribution < 1.29 is 40.0 Å². The molecule has 0 saturated carbocycles. The number of hydrogen-bond acceptors (Lipinski definition) is 7. The van der Waals surface area contributed by atoms with Crippen LogP contribution >= 0.6 is 0 Å². The van der Waals surface area contributed by atoms with E-state index in [0.29, 0.717) is 0 Å². The first-order valence-corrected chi connectivity index (χ1v) is 7.97. The van der Waals surface area contributed by atoms with Crippen molar-refractivity contribution in [3.63, 3.8) is 0 Å². The zero-order valence-electron chi connectivity index (χ0n) is 9.83. The molecule has 0 aromatic heterocycles. The van der Waals surface area contributed by atoms with E-state index in [1.54, 1.807) is 4.72 Å². The van der Waals surface area contributed by atoms with E-state index in [9.17, 15) is 16.8 Å². The second-order valence-electron chi connectivity index (χ2n) is 4.10. The Morgan fingerprint density at radius 2 is 1.89 bits per heavy atom. The van der Waals surface area contributed by atoms with Gasteiger partial charge in [-0.2, -0.15) is 21.6 Å². The summed E-state index contributed by atoms with van der Waals surface area (Å²) < 4.78 is 71.5. The molecule has 4 atom stereocenters. The molecule has 0 spiro atoms. The molecule has 1 aliphatic heterocycles. The average Bonchev–Trinajstić information content (AvgIpc) is 2.20. The van der Waals surface area contributed by atoms with Gasteiger partial charge in [-0.25, -0.2) is 4.18 Å². The van der Waals surface area contributed by atoms with Crippen LogP contribution in [0.25, 0.3) is 0 Å². The fraction of sp³-hybridized carbons (Fsp3) is 1.00. The number of aliphatic hydroxyl groups is 1. The highest BCUT2D eigenvalue weighted by Crippen LogP contribution is 2.25. The summed E-state index contributed by atoms with van der Waals surface area (Å²) in [7, 11) is -9.44. The van der Waals surface area contributed by atoms with E-state index in [2.05, 4.69) is 4.18 Å². The first-order valence-electron chi connectivity index (χ1n) is 5.16. The highest BCUT2D eigenvalue weighted by molar-refractivity contribution is 7.83. The number of hydrogen-bond donors (Lipinski definition) is 4. The van der Waals surface area contributed by atoms with Gasteiger partial charge in [0.1, 0.15) is 6.10 Å². The number of nitrogens with one attached hydrogen (secondary N) is 1. The molecule has 4 N–H and O–H groups in total. The van der Waals surface area contributed by atoms with E-state index in [-0.39, 0.29) is 6.61 Å². The molecule has 19 heavy (non-hydrogen) atoms. The molecule has 1 rings (SSSR count). The summed E-state index contributed by atoms with van der Waals surface area (Å²) >= 11 is 0. The van der Waals surface area contributed by atoms with Crippen molar-refractivity contribution in [2.45, 2.75) is 25.2 Å². The van der Waals surface area contributed by atoms with E-state index < -0.39 is 51.5 Å². The minimum absolute atomic E-state index is 0.338. The van der Waals surface area contributed by atoms with Crippen LogP contribution in [0, 0.1) is 5.92 Å². The van der Waals surface area contributed by atoms with Gasteiger partial charge in [0.2, 0.25) is 0 Å². The lowest BCUT2D eigenvalue weighted by atomic mass is 9.91. The van der Waals surface area contributed by atoms with Gasteiger partial charge in [-0.15, -0.1) is 0 Å². The SMILES string of the molecule is C[C@@H]1C(CO)OCC(NS(=O)(=O)O)[C@@H]1OS(=O)(=O)O. The van der Waals surface area contributed by atoms with E-state index in [4.69, 9.17) is 18.9 Å². The van der Waals surface area contributed by atoms with E-state index in [0.717, 1.165) is 0 Å². The fourth-order valence-electron chi connectivity index (χ4n) is 1.86. The Morgan fingerprint density at radius 1 is 1.32 bits per heavy atom. The molecular formula is C7H15NO9S2. The maximum Gasteiger partial charge on any atom is 0.397 e. The minimum atomic E-state index is -4.83. The smallest absolute Gasteiger partial charge is 0.394 e. The van der Waals surface area contributed by atoms with Gasteiger partial charge in [-0.05, 0) is 0 Å². The maximum atomic E-state index is 10.7. The molecule has 1 fully saturated rings. The molecule has 0 amide bonds. The molecule has 12 heteroatoms. The van der Waals surface area contributed by atoms with Crippen molar-refractivity contribution in [1.82, 2.24) is 4.72 Å². The number of aliphatic hydroxyl groups excluding tert-OH is 1. The van der Waals surface area contributed by atoms with Crippen LogP contribution in [0.5, 0.6) is 0 Å². The fourth-order valence-corrected chi connectivity index (χ4v) is 3.03. The van der Waals surface area contributed by atoms with Gasteiger partial charge in [0, 0.05) is 5.92 Å². The van der Waals surface area contributed by atoms with Crippen LogP contribution < -0.4 is 4.72 Å². The molecule has 1 aliphatic rings. The normalized spacial score (nSPS) is 33.3. The molecule has 0 radical (unpaired) electrons. The van der Waals surface area contributed by atoms with Crippen molar-refractivity contribution in [3.8, 4) is 0 Å². The summed E-state index contributed by atoms with van der Waals surface area (Å²) in [4.78, 5) is 0. The molecular weight excluding hydrogens is 306 g/mol. The topological polar surface area (TPSA) is 159 Å². The molecule has 0 aromatic rings. The Morgan fingerprint density at radius 3 is 2.32 bits per heavy atom. The third-order valence-electron chi connectivity index (χ3n) is 2.70. The standard InChI is InChI=1S/C7H15NO9S2/c1-4-6(2-9)16-3-5(8-18(10,11)12)7(4)17-19(13,14)15/h4-9H,2-3H2,1H3,(H,10,11,12)(H,13,14,15)/t4-,5?,6?,7-/m1/s1. The Hall–Kier alpha value is -0.340. The largest absolute Gasteiger partial charge is 0.397 e. The zero-order chi connectivity index (χ0) is 14.8. The summed E-state index contributed by atoms with van der Waals surface area (Å²) in [6.07, 6.45) is -2.12. The second-order valence-corrected chi connectivity index (χ2v) is 6.34. The van der Waals surface area contributed by atoms with Crippen molar-refractivity contribution in [3.05, 3.63) is 0 Å². The predicted molar refractivity (Wildman–Crippen MR) is 60.9 cm³/mol. The van der Waals surface area contributed by atoms with Crippen molar-refractivity contribution in [2.24, 2.45) is 5.92 Å². The van der Waals surface area contributed by atoms with Gasteiger partial charge in [-0.1, -0.05) is 6.92 Å². The van der Waals surface area contributed by atoms with Crippen LogP contribution in [0.4, 0.5) is 0 Å². The summed E-state index contributed by atoms with van der Waals surface area (Å²) in [5.74, 6) is -0.750. The summed E-state index contributed by atoms with van der Waals surface area (Å²) in [5, 5.41) is 9.02. The van der Waals surface area contributed by atoms with Crippen LogP contribution in [0.15, 0.2) is 0 Å². The minimum Gasteiger partial charge on any atom is -0.394 e. The third-order valence-corrected chi connectivity index (χ3v) is 3.77. The van der Waals surface area contributed by atoms with Crippen LogP contribution in [0.2, 0.25) is 0 Å². The molecule has 1 saturated heterocycles. The lowest BCUT2D eigenvalue weighted by Gasteiger charge is -2.39. The van der Waals surface area contributed by atoms with E-state index in [1.807, 2.05) is 0 Å². The summed E-state index contributed by atoms with van der Waals surface area (Å²) in [6.45, 7) is 0.662. The van der Waals surface area contributed by atoms with Crippen LogP contribution in [0.1, 0.15) is 6.92 Å². The molecule has 0 aromatic carbocycles. The van der Waals surface area contributed by atoms with Gasteiger partial charge < -0.3 is 9.84 Å². The molecule has 0 aliphatic carbocycles. The van der Waals surface area contributed by atoms with Crippen molar-refractivity contribution >= 4 is 20.7 Å². The predicted octanol–water partition coefficient (Wildman–Crippen LogP) is -2.04. The molecule has 10 nitrogen and oxygen atoms in total. The Bertz CT molecular complexity index is 501. The first-order chi connectivity index (χ1) is 8.53. The van der Waals surface area contributed by atoms with Crippen LogP contribution in [-0.2, 0) is 29.6 Å². The van der Waals surface area contributed by atoms with Gasteiger partial charge >= 0.3 is 20.7 Å². The lowest BCUT2D eigenvalue weighted by Crippen LogP contribution is -2.57. The first kappa shape index (κ1) is 16.7.